The number of carboxylic acid groups (broad SMARTS) is 1. The summed E-state index contributed by atoms with van der Waals surface area (Å²) < 4.78 is 4.37. The Morgan fingerprint density at radius 3 is 2.65 bits per heavy atom. The highest BCUT2D eigenvalue weighted by Gasteiger charge is 2.07. The van der Waals surface area contributed by atoms with Gasteiger partial charge in [-0.25, -0.2) is 24.4 Å². The first kappa shape index (κ1) is 14.8. The smallest absolute Gasteiger partial charge is 0.450 e. The molecule has 0 aliphatic carbocycles. The predicted molar refractivity (Wildman–Crippen MR) is 57.2 cm³/mol. The highest BCUT2D eigenvalue weighted by Crippen LogP contribution is 2.02. The number of hydrogen-bond donors (Lipinski definition) is 1. The van der Waals surface area contributed by atoms with Crippen molar-refractivity contribution in [1.29, 1.82) is 0 Å². The first-order valence-corrected chi connectivity index (χ1v) is 4.80. The number of rotatable bonds is 8. The monoisotopic (exact) mass is 240 g/mol. The van der Waals surface area contributed by atoms with Crippen molar-refractivity contribution in [3.63, 3.8) is 0 Å². The van der Waals surface area contributed by atoms with Crippen molar-refractivity contribution in [2.24, 2.45) is 15.9 Å². The molecule has 0 aromatic heterocycles. The molecule has 7 nitrogen and oxygen atoms in total. The molecule has 0 bridgehead atoms. The summed E-state index contributed by atoms with van der Waals surface area (Å²) in [6, 6.07) is 0. The third kappa shape index (κ3) is 10.1. The molecule has 0 fully saturated rings. The number of hydrogen-bond acceptors (Lipinski definition) is 6. The minimum Gasteiger partial charge on any atom is -0.450 e. The SMILES string of the molecule is O=C=NCCC=CC(CN=C=O)COC(=O)O. The summed E-state index contributed by atoms with van der Waals surface area (Å²) in [5.41, 5.74) is 0. The fourth-order valence-electron chi connectivity index (χ4n) is 0.975. The molecule has 0 amide bonds. The standard InChI is InChI=1S/C10H12N2O5/c13-7-11-4-2-1-3-9(5-12-8-14)6-17-10(15)16/h1,3,9H,2,4-6H2,(H,15,16). The normalized spacial score (nSPS) is 11.3. The van der Waals surface area contributed by atoms with Gasteiger partial charge in [-0.1, -0.05) is 12.2 Å². The van der Waals surface area contributed by atoms with E-state index in [0.717, 1.165) is 0 Å². The van der Waals surface area contributed by atoms with Crippen LogP contribution in [0.1, 0.15) is 6.42 Å². The van der Waals surface area contributed by atoms with Gasteiger partial charge in [-0.2, -0.15) is 0 Å². The fraction of sp³-hybridized carbons (Fsp3) is 0.500. The lowest BCUT2D eigenvalue weighted by Crippen LogP contribution is -2.13. The maximum absolute atomic E-state index is 10.2. The highest BCUT2D eigenvalue weighted by atomic mass is 16.7. The van der Waals surface area contributed by atoms with Gasteiger partial charge < -0.3 is 9.84 Å². The molecule has 0 aromatic rings. The molecule has 0 radical (unpaired) electrons. The molecule has 0 spiro atoms. The van der Waals surface area contributed by atoms with E-state index in [-0.39, 0.29) is 19.1 Å². The minimum atomic E-state index is -1.39. The molecule has 1 atom stereocenters. The van der Waals surface area contributed by atoms with Crippen molar-refractivity contribution in [2.45, 2.75) is 6.42 Å². The molecule has 0 aromatic carbocycles. The molecule has 0 saturated carbocycles. The van der Waals surface area contributed by atoms with E-state index < -0.39 is 6.16 Å². The Balaban J connectivity index is 4.11. The number of aliphatic imine (C=N–C) groups is 2. The van der Waals surface area contributed by atoms with Crippen molar-refractivity contribution in [3.8, 4) is 0 Å². The third-order valence-electron chi connectivity index (χ3n) is 1.69. The maximum atomic E-state index is 10.2. The second kappa shape index (κ2) is 10.3. The Kier molecular flexibility index (Phi) is 8.94. The van der Waals surface area contributed by atoms with Gasteiger partial charge in [0, 0.05) is 5.92 Å². The molecule has 0 aliphatic rings. The van der Waals surface area contributed by atoms with Crippen LogP contribution in [0.5, 0.6) is 0 Å². The van der Waals surface area contributed by atoms with Crippen molar-refractivity contribution >= 4 is 18.3 Å². The van der Waals surface area contributed by atoms with E-state index in [1.165, 1.54) is 12.2 Å². The van der Waals surface area contributed by atoms with E-state index in [1.807, 2.05) is 0 Å². The summed E-state index contributed by atoms with van der Waals surface area (Å²) in [7, 11) is 0. The second-order valence-electron chi connectivity index (χ2n) is 2.96. The summed E-state index contributed by atoms with van der Waals surface area (Å²) >= 11 is 0. The number of carbonyl (C=O) groups is 1. The van der Waals surface area contributed by atoms with Gasteiger partial charge in [-0.15, -0.1) is 0 Å². The van der Waals surface area contributed by atoms with Crippen LogP contribution in [-0.4, -0.2) is 43.1 Å². The molecule has 0 saturated heterocycles. The maximum Gasteiger partial charge on any atom is 0.505 e. The average Bonchev–Trinajstić information content (AvgIpc) is 2.31. The van der Waals surface area contributed by atoms with Gasteiger partial charge in [0.1, 0.15) is 6.61 Å². The van der Waals surface area contributed by atoms with Gasteiger partial charge in [0.25, 0.3) is 0 Å². The summed E-state index contributed by atoms with van der Waals surface area (Å²) in [4.78, 5) is 36.6. The first-order chi connectivity index (χ1) is 8.20. The Morgan fingerprint density at radius 1 is 1.35 bits per heavy atom. The van der Waals surface area contributed by atoms with Gasteiger partial charge in [-0.3, -0.25) is 0 Å². The van der Waals surface area contributed by atoms with Crippen molar-refractivity contribution < 1.29 is 24.2 Å². The lowest BCUT2D eigenvalue weighted by atomic mass is 10.1. The molecule has 7 heteroatoms. The molecule has 92 valence electrons. The lowest BCUT2D eigenvalue weighted by molar-refractivity contribution is 0.0835. The first-order valence-electron chi connectivity index (χ1n) is 4.80. The van der Waals surface area contributed by atoms with Crippen LogP contribution in [0.3, 0.4) is 0 Å². The largest absolute Gasteiger partial charge is 0.505 e. The summed E-state index contributed by atoms with van der Waals surface area (Å²) in [6.07, 6.45) is 5.26. The summed E-state index contributed by atoms with van der Waals surface area (Å²) in [6.45, 7) is 0.321. The number of ether oxygens (including phenoxy) is 1. The zero-order chi connectivity index (χ0) is 12.9. The number of carbonyl (C=O) groups excluding carboxylic acids is 2. The zero-order valence-electron chi connectivity index (χ0n) is 9.04. The van der Waals surface area contributed by atoms with Gasteiger partial charge in [0.2, 0.25) is 12.2 Å². The molecular weight excluding hydrogens is 228 g/mol. The van der Waals surface area contributed by atoms with E-state index in [1.54, 1.807) is 12.2 Å². The van der Waals surface area contributed by atoms with Crippen LogP contribution in [0.2, 0.25) is 0 Å². The quantitative estimate of drug-likeness (QED) is 0.223. The van der Waals surface area contributed by atoms with Crippen LogP contribution in [0.4, 0.5) is 4.79 Å². The van der Waals surface area contributed by atoms with E-state index in [2.05, 4.69) is 14.7 Å². The van der Waals surface area contributed by atoms with Crippen LogP contribution >= 0.6 is 0 Å². The van der Waals surface area contributed by atoms with Gasteiger partial charge >= 0.3 is 6.16 Å². The number of isocyanates is 2. The third-order valence-corrected chi connectivity index (χ3v) is 1.69. The molecule has 1 N–H and O–H groups in total. The average molecular weight is 240 g/mol. The van der Waals surface area contributed by atoms with Crippen LogP contribution in [0.25, 0.3) is 0 Å². The molecular formula is C10H12N2O5. The fourth-order valence-corrected chi connectivity index (χ4v) is 0.975. The summed E-state index contributed by atoms with van der Waals surface area (Å²) in [5, 5.41) is 8.32. The molecule has 0 aliphatic heterocycles. The highest BCUT2D eigenvalue weighted by molar-refractivity contribution is 5.56. The van der Waals surface area contributed by atoms with Gasteiger partial charge in [0.15, 0.2) is 0 Å². The van der Waals surface area contributed by atoms with E-state index in [9.17, 15) is 14.4 Å². The molecule has 0 rings (SSSR count). The van der Waals surface area contributed by atoms with Crippen LogP contribution in [0.15, 0.2) is 22.1 Å². The Morgan fingerprint density at radius 2 is 2.06 bits per heavy atom. The topological polar surface area (TPSA) is 105 Å². The summed E-state index contributed by atoms with van der Waals surface area (Å²) in [5.74, 6) is -0.326. The Labute approximate surface area is 97.5 Å². The van der Waals surface area contributed by atoms with E-state index in [0.29, 0.717) is 13.0 Å². The van der Waals surface area contributed by atoms with Crippen LogP contribution in [0, 0.1) is 5.92 Å². The van der Waals surface area contributed by atoms with Crippen LogP contribution in [-0.2, 0) is 14.3 Å². The molecule has 0 heterocycles. The number of nitrogens with zero attached hydrogens (tertiary/aromatic N) is 2. The lowest BCUT2D eigenvalue weighted by Gasteiger charge is -2.07. The zero-order valence-corrected chi connectivity index (χ0v) is 9.04. The van der Waals surface area contributed by atoms with Crippen molar-refractivity contribution in [2.75, 3.05) is 19.7 Å². The van der Waals surface area contributed by atoms with Crippen molar-refractivity contribution in [3.05, 3.63) is 12.2 Å². The second-order valence-corrected chi connectivity index (χ2v) is 2.96. The Bertz CT molecular complexity index is 354. The molecule has 1 unspecified atom stereocenters. The predicted octanol–water partition coefficient (Wildman–Crippen LogP) is 0.915. The van der Waals surface area contributed by atoms with Crippen LogP contribution < -0.4 is 0 Å². The van der Waals surface area contributed by atoms with Crippen molar-refractivity contribution in [1.82, 2.24) is 0 Å². The van der Waals surface area contributed by atoms with E-state index in [4.69, 9.17) is 5.11 Å². The minimum absolute atomic E-state index is 0.0893. The Hall–Kier alpha value is -2.23. The molecule has 17 heavy (non-hydrogen) atoms. The van der Waals surface area contributed by atoms with E-state index >= 15 is 0 Å². The van der Waals surface area contributed by atoms with Gasteiger partial charge in [-0.05, 0) is 6.42 Å². The van der Waals surface area contributed by atoms with Gasteiger partial charge in [0.05, 0.1) is 13.1 Å².